The molecule has 1 atom stereocenters. The fourth-order valence-electron chi connectivity index (χ4n) is 6.05. The van der Waals surface area contributed by atoms with Crippen molar-refractivity contribution in [2.24, 2.45) is 0 Å². The summed E-state index contributed by atoms with van der Waals surface area (Å²) in [5, 5.41) is 14.4. The maximum atomic E-state index is 15.0. The number of amides is 1. The highest BCUT2D eigenvalue weighted by molar-refractivity contribution is 6.34. The van der Waals surface area contributed by atoms with E-state index in [1.807, 2.05) is 32.9 Å². The van der Waals surface area contributed by atoms with Crippen molar-refractivity contribution in [1.82, 2.24) is 19.8 Å². The van der Waals surface area contributed by atoms with Crippen LogP contribution in [-0.2, 0) is 0 Å². The van der Waals surface area contributed by atoms with E-state index in [9.17, 15) is 9.90 Å². The van der Waals surface area contributed by atoms with E-state index in [0.717, 1.165) is 61.4 Å². The number of carboxylic acid groups (broad SMARTS) is 1. The first kappa shape index (κ1) is 34.4. The van der Waals surface area contributed by atoms with Gasteiger partial charge >= 0.3 is 6.09 Å². The maximum Gasteiger partial charge on any atom is 0.413 e. The quantitative estimate of drug-likeness (QED) is 0.155. The Labute approximate surface area is 284 Å². The molecule has 1 unspecified atom stereocenters. The van der Waals surface area contributed by atoms with Crippen molar-refractivity contribution in [3.8, 4) is 5.75 Å². The van der Waals surface area contributed by atoms with Crippen molar-refractivity contribution < 1.29 is 19.0 Å². The Hall–Kier alpha value is -3.96. The van der Waals surface area contributed by atoms with Crippen molar-refractivity contribution in [2.45, 2.75) is 33.2 Å². The van der Waals surface area contributed by atoms with Crippen molar-refractivity contribution in [2.75, 3.05) is 56.6 Å². The highest BCUT2D eigenvalue weighted by atomic mass is 35.5. The standard InChI is InChI=1S/C35H39Cl2FN6O3/c1-22-16-23(2)32(24(3)17-22)33(25-18-26(36)20-27(37)19-25)44(35(45)46)31-8-9-39-34(41-31)40-28-6-7-30(29(38)21-28)47-15-5-10-43-13-11-42(4)12-14-43/h6-9,16-21,33H,5,10-15H2,1-4H3,(H,45,46)(H,39,40,41). The van der Waals surface area contributed by atoms with E-state index in [1.165, 1.54) is 23.2 Å². The van der Waals surface area contributed by atoms with Gasteiger partial charge in [0.15, 0.2) is 11.6 Å². The summed E-state index contributed by atoms with van der Waals surface area (Å²) in [5.74, 6) is -0.167. The number of nitrogens with one attached hydrogen (secondary N) is 1. The fourth-order valence-corrected chi connectivity index (χ4v) is 6.59. The molecule has 47 heavy (non-hydrogen) atoms. The number of benzene rings is 3. The summed E-state index contributed by atoms with van der Waals surface area (Å²) < 4.78 is 20.7. The Morgan fingerprint density at radius 1 is 1.02 bits per heavy atom. The Bertz CT molecular complexity index is 1690. The first-order chi connectivity index (χ1) is 22.5. The van der Waals surface area contributed by atoms with Gasteiger partial charge in [-0.1, -0.05) is 40.9 Å². The molecule has 3 aromatic carbocycles. The number of ether oxygens (including phenoxy) is 1. The SMILES string of the molecule is Cc1cc(C)c(C(c2cc(Cl)cc(Cl)c2)N(C(=O)O)c2ccnc(Nc3ccc(OCCCN4CCN(C)CC4)c(F)c3)n2)c(C)c1. The molecule has 1 aromatic heterocycles. The molecule has 12 heteroatoms. The highest BCUT2D eigenvalue weighted by Gasteiger charge is 2.32. The molecule has 0 aliphatic carbocycles. The molecular weight excluding hydrogens is 642 g/mol. The molecule has 5 rings (SSSR count). The second-order valence-electron chi connectivity index (χ2n) is 11.9. The molecule has 2 N–H and O–H groups in total. The topological polar surface area (TPSA) is 94.1 Å². The smallest absolute Gasteiger partial charge is 0.413 e. The zero-order valence-electron chi connectivity index (χ0n) is 26.9. The number of nitrogens with zero attached hydrogens (tertiary/aromatic N) is 5. The number of aryl methyl sites for hydroxylation is 3. The molecule has 0 spiro atoms. The van der Waals surface area contributed by atoms with Crippen LogP contribution >= 0.6 is 23.2 Å². The van der Waals surface area contributed by atoms with E-state index in [2.05, 4.69) is 32.1 Å². The normalized spacial score (nSPS) is 14.5. The molecule has 1 amide bonds. The van der Waals surface area contributed by atoms with Crippen LogP contribution in [0.1, 0.15) is 40.3 Å². The lowest BCUT2D eigenvalue weighted by molar-refractivity contribution is 0.145. The second kappa shape index (κ2) is 15.3. The molecule has 9 nitrogen and oxygen atoms in total. The average Bonchev–Trinajstić information content (AvgIpc) is 2.99. The molecule has 0 bridgehead atoms. The summed E-state index contributed by atoms with van der Waals surface area (Å²) in [7, 11) is 2.12. The monoisotopic (exact) mass is 680 g/mol. The number of hydrogen-bond acceptors (Lipinski definition) is 7. The summed E-state index contributed by atoms with van der Waals surface area (Å²) in [6, 6.07) is 14.2. The van der Waals surface area contributed by atoms with Crippen LogP contribution in [0, 0.1) is 26.6 Å². The molecule has 1 aliphatic heterocycles. The van der Waals surface area contributed by atoms with Crippen LogP contribution in [-0.4, -0.2) is 77.3 Å². The van der Waals surface area contributed by atoms with Crippen LogP contribution in [0.3, 0.4) is 0 Å². The summed E-state index contributed by atoms with van der Waals surface area (Å²) in [6.07, 6.45) is 1.01. The minimum absolute atomic E-state index is 0.0919. The summed E-state index contributed by atoms with van der Waals surface area (Å²) in [6.45, 7) is 11.3. The molecule has 0 radical (unpaired) electrons. The lowest BCUT2D eigenvalue weighted by atomic mass is 9.89. The zero-order valence-corrected chi connectivity index (χ0v) is 28.4. The number of aromatic nitrogens is 2. The van der Waals surface area contributed by atoms with Crippen LogP contribution < -0.4 is 15.0 Å². The number of carbonyl (C=O) groups is 1. The van der Waals surface area contributed by atoms with Gasteiger partial charge in [0, 0.05) is 60.7 Å². The first-order valence-electron chi connectivity index (χ1n) is 15.5. The average molecular weight is 682 g/mol. The van der Waals surface area contributed by atoms with Crippen molar-refractivity contribution in [3.05, 3.63) is 104 Å². The third-order valence-corrected chi connectivity index (χ3v) is 8.66. The van der Waals surface area contributed by atoms with Gasteiger partial charge in [-0.3, -0.25) is 0 Å². The van der Waals surface area contributed by atoms with E-state index in [-0.39, 0.29) is 17.5 Å². The number of anilines is 3. The van der Waals surface area contributed by atoms with Crippen LogP contribution in [0.5, 0.6) is 5.75 Å². The molecule has 4 aromatic rings. The molecule has 0 saturated carbocycles. The van der Waals surface area contributed by atoms with Crippen molar-refractivity contribution in [3.63, 3.8) is 0 Å². The van der Waals surface area contributed by atoms with Gasteiger partial charge in [-0.25, -0.2) is 19.1 Å². The van der Waals surface area contributed by atoms with Gasteiger partial charge in [-0.2, -0.15) is 4.98 Å². The molecule has 1 fully saturated rings. The molecule has 1 saturated heterocycles. The van der Waals surface area contributed by atoms with Gasteiger partial charge in [-0.05, 0) is 92.9 Å². The summed E-state index contributed by atoms with van der Waals surface area (Å²) >= 11 is 12.8. The van der Waals surface area contributed by atoms with Gasteiger partial charge in [0.2, 0.25) is 5.95 Å². The molecular formula is C35H39Cl2FN6O3. The number of likely N-dealkylation sites (N-methyl/N-ethyl adjacent to an activating group) is 1. The van der Waals surface area contributed by atoms with Gasteiger partial charge in [-0.15, -0.1) is 0 Å². The summed E-state index contributed by atoms with van der Waals surface area (Å²) in [5.41, 5.74) is 4.60. The largest absolute Gasteiger partial charge is 0.490 e. The maximum absolute atomic E-state index is 15.0. The predicted octanol–water partition coefficient (Wildman–Crippen LogP) is 7.88. The van der Waals surface area contributed by atoms with Crippen molar-refractivity contribution >= 4 is 46.7 Å². The van der Waals surface area contributed by atoms with Gasteiger partial charge in [0.05, 0.1) is 12.6 Å². The zero-order chi connectivity index (χ0) is 33.7. The van der Waals surface area contributed by atoms with E-state index in [1.54, 1.807) is 30.3 Å². The van der Waals surface area contributed by atoms with E-state index >= 15 is 4.39 Å². The Balaban J connectivity index is 1.37. The van der Waals surface area contributed by atoms with E-state index < -0.39 is 18.0 Å². The van der Waals surface area contributed by atoms with Gasteiger partial charge < -0.3 is 25.0 Å². The van der Waals surface area contributed by atoms with E-state index in [4.69, 9.17) is 27.9 Å². The molecule has 2 heterocycles. The Morgan fingerprint density at radius 2 is 1.70 bits per heavy atom. The molecule has 1 aliphatic rings. The minimum Gasteiger partial charge on any atom is -0.490 e. The predicted molar refractivity (Wildman–Crippen MR) is 185 cm³/mol. The third-order valence-electron chi connectivity index (χ3n) is 8.22. The number of hydrogen-bond donors (Lipinski definition) is 2. The van der Waals surface area contributed by atoms with Crippen LogP contribution in [0.25, 0.3) is 0 Å². The van der Waals surface area contributed by atoms with Crippen LogP contribution in [0.15, 0.2) is 60.8 Å². The summed E-state index contributed by atoms with van der Waals surface area (Å²) in [4.78, 5) is 27.7. The number of halogens is 3. The van der Waals surface area contributed by atoms with Crippen LogP contribution in [0.4, 0.5) is 26.6 Å². The number of rotatable bonds is 11. The highest BCUT2D eigenvalue weighted by Crippen LogP contribution is 2.38. The van der Waals surface area contributed by atoms with Gasteiger partial charge in [0.1, 0.15) is 5.82 Å². The Morgan fingerprint density at radius 3 is 2.34 bits per heavy atom. The lowest BCUT2D eigenvalue weighted by Crippen LogP contribution is -2.44. The van der Waals surface area contributed by atoms with Gasteiger partial charge in [0.25, 0.3) is 0 Å². The first-order valence-corrected chi connectivity index (χ1v) is 16.2. The van der Waals surface area contributed by atoms with E-state index in [0.29, 0.717) is 27.9 Å². The lowest BCUT2D eigenvalue weighted by Gasteiger charge is -2.32. The Kier molecular flexibility index (Phi) is 11.2. The third kappa shape index (κ3) is 8.70. The number of piperazine rings is 1. The second-order valence-corrected chi connectivity index (χ2v) is 12.8. The molecule has 248 valence electrons. The minimum atomic E-state index is -1.24. The fraction of sp³-hybridized carbons (Fsp3) is 0.343. The van der Waals surface area contributed by atoms with Crippen molar-refractivity contribution in [1.29, 1.82) is 0 Å². The van der Waals surface area contributed by atoms with Crippen LogP contribution in [0.2, 0.25) is 10.0 Å².